The van der Waals surface area contributed by atoms with Crippen LogP contribution in [0.4, 0.5) is 5.88 Å². The van der Waals surface area contributed by atoms with Gasteiger partial charge in [0, 0.05) is 0 Å². The molecule has 0 fully saturated rings. The van der Waals surface area contributed by atoms with Gasteiger partial charge in [-0.1, -0.05) is 12.2 Å². The second kappa shape index (κ2) is 9.16. The van der Waals surface area contributed by atoms with Gasteiger partial charge in [0.2, 0.25) is 5.88 Å². The monoisotopic (exact) mass is 377 g/mol. The molecule has 1 N–H and O–H groups in total. The number of Topliss-reactive ketones (excluding diaryl/α,β-unsaturated/α-hetero) is 1. The normalized spacial score (nSPS) is 15.4. The van der Waals surface area contributed by atoms with Gasteiger partial charge < -0.3 is 13.9 Å². The number of hydrogen-bond acceptors (Lipinski definition) is 7. The third kappa shape index (κ3) is 5.29. The van der Waals surface area contributed by atoms with Crippen molar-refractivity contribution in [2.75, 3.05) is 18.5 Å². The molecular formula is C19H23NO7. The average Bonchev–Trinajstić information content (AvgIpc) is 3.20. The van der Waals surface area contributed by atoms with E-state index in [0.717, 1.165) is 12.8 Å². The first-order valence-electron chi connectivity index (χ1n) is 8.77. The summed E-state index contributed by atoms with van der Waals surface area (Å²) in [7, 11) is 0. The Hall–Kier alpha value is -2.90. The first-order chi connectivity index (χ1) is 12.8. The summed E-state index contributed by atoms with van der Waals surface area (Å²) >= 11 is 0. The Labute approximate surface area is 156 Å². The van der Waals surface area contributed by atoms with Gasteiger partial charge in [-0.3, -0.25) is 19.7 Å². The van der Waals surface area contributed by atoms with Gasteiger partial charge in [-0.15, -0.1) is 0 Å². The van der Waals surface area contributed by atoms with Crippen molar-refractivity contribution in [1.82, 2.24) is 0 Å². The Morgan fingerprint density at radius 2 is 1.96 bits per heavy atom. The molecule has 2 rings (SSSR count). The Bertz CT molecular complexity index is 775. The highest BCUT2D eigenvalue weighted by Gasteiger charge is 2.29. The van der Waals surface area contributed by atoms with Crippen LogP contribution in [0.1, 0.15) is 59.6 Å². The van der Waals surface area contributed by atoms with Crippen LogP contribution in [0.3, 0.4) is 0 Å². The van der Waals surface area contributed by atoms with E-state index in [4.69, 9.17) is 13.9 Å². The molecule has 0 aliphatic heterocycles. The van der Waals surface area contributed by atoms with Crippen LogP contribution >= 0.6 is 0 Å². The molecule has 1 aliphatic rings. The van der Waals surface area contributed by atoms with Crippen LogP contribution in [0.2, 0.25) is 0 Å². The predicted octanol–water partition coefficient (Wildman–Crippen LogP) is 2.81. The van der Waals surface area contributed by atoms with Gasteiger partial charge in [0.05, 0.1) is 18.6 Å². The van der Waals surface area contributed by atoms with Gasteiger partial charge in [-0.2, -0.15) is 0 Å². The summed E-state index contributed by atoms with van der Waals surface area (Å²) < 4.78 is 15.2. The minimum Gasteiger partial charge on any atom is -0.462 e. The number of ketones is 1. The molecule has 1 atom stereocenters. The zero-order chi connectivity index (χ0) is 20.0. The largest absolute Gasteiger partial charge is 0.462 e. The zero-order valence-corrected chi connectivity index (χ0v) is 15.6. The number of anilines is 1. The van der Waals surface area contributed by atoms with Crippen molar-refractivity contribution in [2.24, 2.45) is 5.92 Å². The summed E-state index contributed by atoms with van der Waals surface area (Å²) in [4.78, 5) is 47.9. The van der Waals surface area contributed by atoms with Gasteiger partial charge in [-0.05, 0) is 39.5 Å². The highest BCUT2D eigenvalue weighted by molar-refractivity contribution is 6.10. The fourth-order valence-corrected chi connectivity index (χ4v) is 2.90. The van der Waals surface area contributed by atoms with E-state index in [1.807, 2.05) is 12.2 Å². The Balaban J connectivity index is 2.02. The number of ether oxygens (including phenoxy) is 2. The Kier molecular flexibility index (Phi) is 6.92. The first kappa shape index (κ1) is 20.4. The summed E-state index contributed by atoms with van der Waals surface area (Å²) in [5.41, 5.74) is -0.0913. The smallest absolute Gasteiger partial charge is 0.344 e. The van der Waals surface area contributed by atoms with E-state index in [-0.39, 0.29) is 41.7 Å². The molecule has 0 bridgehead atoms. The van der Waals surface area contributed by atoms with Crippen LogP contribution in [-0.4, -0.2) is 36.8 Å². The van der Waals surface area contributed by atoms with Gasteiger partial charge in [-0.25, -0.2) is 4.79 Å². The third-order valence-electron chi connectivity index (χ3n) is 4.07. The second-order valence-electron chi connectivity index (χ2n) is 6.19. The third-order valence-corrected chi connectivity index (χ3v) is 4.07. The predicted molar refractivity (Wildman–Crippen MR) is 95.5 cm³/mol. The number of furan rings is 1. The van der Waals surface area contributed by atoms with Crippen LogP contribution < -0.4 is 5.32 Å². The molecule has 1 aromatic rings. The van der Waals surface area contributed by atoms with Crippen LogP contribution in [0, 0.1) is 12.8 Å². The van der Waals surface area contributed by atoms with Crippen molar-refractivity contribution in [3.8, 4) is 0 Å². The summed E-state index contributed by atoms with van der Waals surface area (Å²) in [5, 5.41) is 2.37. The zero-order valence-electron chi connectivity index (χ0n) is 15.6. The van der Waals surface area contributed by atoms with Crippen LogP contribution in [0.5, 0.6) is 0 Å². The van der Waals surface area contributed by atoms with Gasteiger partial charge >= 0.3 is 11.9 Å². The lowest BCUT2D eigenvalue weighted by molar-refractivity contribution is -0.147. The molecule has 1 heterocycles. The number of carbonyl (C=O) groups is 4. The first-order valence-corrected chi connectivity index (χ1v) is 8.77. The number of hydrogen-bond donors (Lipinski definition) is 1. The van der Waals surface area contributed by atoms with E-state index in [9.17, 15) is 19.2 Å². The molecule has 0 saturated heterocycles. The number of aryl methyl sites for hydroxylation is 1. The van der Waals surface area contributed by atoms with Gasteiger partial charge in [0.15, 0.2) is 12.4 Å². The molecule has 1 aromatic heterocycles. The van der Waals surface area contributed by atoms with Crippen molar-refractivity contribution >= 4 is 29.5 Å². The average molecular weight is 377 g/mol. The summed E-state index contributed by atoms with van der Waals surface area (Å²) in [6.45, 7) is 3.99. The minimum atomic E-state index is -0.778. The van der Waals surface area contributed by atoms with Crippen LogP contribution in [0.25, 0.3) is 0 Å². The number of carbonyl (C=O) groups excluding carboxylic acids is 4. The Morgan fingerprint density at radius 1 is 1.22 bits per heavy atom. The van der Waals surface area contributed by atoms with Crippen molar-refractivity contribution in [3.05, 3.63) is 29.0 Å². The lowest BCUT2D eigenvalue weighted by Gasteiger charge is -2.09. The quantitative estimate of drug-likeness (QED) is 0.421. The number of amides is 1. The summed E-state index contributed by atoms with van der Waals surface area (Å²) in [6.07, 6.45) is 6.01. The second-order valence-corrected chi connectivity index (χ2v) is 6.19. The fraction of sp³-hybridized carbons (Fsp3) is 0.474. The van der Waals surface area contributed by atoms with Crippen LogP contribution in [-0.2, 0) is 19.1 Å². The van der Waals surface area contributed by atoms with E-state index in [1.54, 1.807) is 6.92 Å². The minimum absolute atomic E-state index is 0.0498. The highest BCUT2D eigenvalue weighted by Crippen LogP contribution is 2.28. The number of rotatable bonds is 8. The molecule has 0 aromatic carbocycles. The summed E-state index contributed by atoms with van der Waals surface area (Å²) in [5.74, 6) is -2.20. The lowest BCUT2D eigenvalue weighted by Crippen LogP contribution is -2.22. The van der Waals surface area contributed by atoms with Gasteiger partial charge in [0.1, 0.15) is 11.3 Å². The topological polar surface area (TPSA) is 112 Å². The molecule has 8 nitrogen and oxygen atoms in total. The molecule has 8 heteroatoms. The molecule has 1 aliphatic carbocycles. The fourth-order valence-electron chi connectivity index (χ4n) is 2.90. The molecule has 0 spiro atoms. The molecule has 1 amide bonds. The molecule has 0 saturated carbocycles. The van der Waals surface area contributed by atoms with E-state index in [2.05, 4.69) is 5.32 Å². The lowest BCUT2D eigenvalue weighted by atomic mass is 10.1. The molecule has 146 valence electrons. The van der Waals surface area contributed by atoms with E-state index in [1.165, 1.54) is 13.8 Å². The molecule has 0 unspecified atom stereocenters. The van der Waals surface area contributed by atoms with Crippen LogP contribution in [0.15, 0.2) is 16.6 Å². The number of allylic oxidation sites excluding steroid dienone is 2. The highest BCUT2D eigenvalue weighted by atomic mass is 16.5. The van der Waals surface area contributed by atoms with E-state index in [0.29, 0.717) is 0 Å². The maximum absolute atomic E-state index is 12.2. The van der Waals surface area contributed by atoms with Crippen molar-refractivity contribution < 1.29 is 33.1 Å². The molecular weight excluding hydrogens is 354 g/mol. The standard InChI is InChI=1S/C19H23NO7/c1-4-25-19(24)17-16(11(2)21)12(3)27-18(17)20-14(22)10-26-15(23)9-13-7-5-6-8-13/h5,7,13H,4,6,8-10H2,1-3H3,(H,20,22)/t13-/m0/s1. The maximum atomic E-state index is 12.2. The van der Waals surface area contributed by atoms with Crippen molar-refractivity contribution in [3.63, 3.8) is 0 Å². The SMILES string of the molecule is CCOC(=O)c1c(NC(=O)COC(=O)C[C@H]2C=CCC2)oc(C)c1C(C)=O. The Morgan fingerprint density at radius 3 is 2.56 bits per heavy atom. The van der Waals surface area contributed by atoms with E-state index >= 15 is 0 Å². The van der Waals surface area contributed by atoms with Crippen molar-refractivity contribution in [1.29, 1.82) is 0 Å². The molecule has 27 heavy (non-hydrogen) atoms. The number of esters is 2. The summed E-state index contributed by atoms with van der Waals surface area (Å²) in [6, 6.07) is 0. The van der Waals surface area contributed by atoms with E-state index < -0.39 is 30.2 Å². The maximum Gasteiger partial charge on any atom is 0.344 e. The van der Waals surface area contributed by atoms with Gasteiger partial charge in [0.25, 0.3) is 5.91 Å². The molecule has 0 radical (unpaired) electrons. The number of nitrogens with one attached hydrogen (secondary N) is 1. The van der Waals surface area contributed by atoms with Crippen molar-refractivity contribution in [2.45, 2.75) is 40.0 Å².